The fourth-order valence-corrected chi connectivity index (χ4v) is 5.56. The molecule has 0 unspecified atom stereocenters. The monoisotopic (exact) mass is 515 g/mol. The van der Waals surface area contributed by atoms with Gasteiger partial charge in [-0.05, 0) is 49.9 Å². The van der Waals surface area contributed by atoms with Gasteiger partial charge in [0, 0.05) is 30.9 Å². The summed E-state index contributed by atoms with van der Waals surface area (Å²) >= 11 is 0. The molecule has 0 amide bonds. The van der Waals surface area contributed by atoms with Crippen LogP contribution >= 0.6 is 0 Å². The lowest BCUT2D eigenvalue weighted by Crippen LogP contribution is -2.49. The second-order valence-corrected chi connectivity index (χ2v) is 10.3. The molecule has 1 atom stereocenters. The Morgan fingerprint density at radius 2 is 1.86 bits per heavy atom. The number of nitro groups is 1. The molecule has 2 aromatic carbocycles. The van der Waals surface area contributed by atoms with E-state index in [-0.39, 0.29) is 17.2 Å². The lowest BCUT2D eigenvalue weighted by Gasteiger charge is -2.43. The number of nitrogens with one attached hydrogen (secondary N) is 1. The number of benzene rings is 2. The van der Waals surface area contributed by atoms with Crippen molar-refractivity contribution >= 4 is 27.4 Å². The number of nitrogens with zero attached hydrogens (tertiary/aromatic N) is 2. The highest BCUT2D eigenvalue weighted by molar-refractivity contribution is 7.89. The average molecular weight is 516 g/mol. The Morgan fingerprint density at radius 1 is 1.23 bits per heavy atom. The molecule has 0 bridgehead atoms. The van der Waals surface area contributed by atoms with Gasteiger partial charge in [0.1, 0.15) is 0 Å². The van der Waals surface area contributed by atoms with Gasteiger partial charge in [-0.2, -0.15) is 17.5 Å². The van der Waals surface area contributed by atoms with Gasteiger partial charge in [0.25, 0.3) is 5.69 Å². The Hall–Kier alpha value is -3.19. The van der Waals surface area contributed by atoms with Crippen LogP contribution in [0.3, 0.4) is 0 Å². The molecule has 0 spiro atoms. The van der Waals surface area contributed by atoms with E-state index in [4.69, 9.17) is 0 Å². The fraction of sp³-hybridized carbons (Fsp3) is 0.409. The van der Waals surface area contributed by atoms with Crippen LogP contribution in [0.4, 0.5) is 24.5 Å². The third-order valence-electron chi connectivity index (χ3n) is 6.22. The summed E-state index contributed by atoms with van der Waals surface area (Å²) in [5.74, 6) is -0.953. The summed E-state index contributed by atoms with van der Waals surface area (Å²) in [4.78, 5) is 21.8. The lowest BCUT2D eigenvalue weighted by atomic mass is 9.76. The number of carbonyl (C=O) groups excluding carboxylic acids is 1. The van der Waals surface area contributed by atoms with Crippen LogP contribution in [0.25, 0.3) is 0 Å². The first-order valence-corrected chi connectivity index (χ1v) is 12.0. The molecule has 2 aromatic rings. The van der Waals surface area contributed by atoms with Crippen molar-refractivity contribution in [3.8, 4) is 0 Å². The van der Waals surface area contributed by atoms with E-state index in [0.29, 0.717) is 12.8 Å². The molecule has 0 saturated heterocycles. The first-order chi connectivity index (χ1) is 16.3. The minimum atomic E-state index is -4.66. The first-order valence-electron chi connectivity index (χ1n) is 10.5. The van der Waals surface area contributed by atoms with Gasteiger partial charge in [-0.1, -0.05) is 12.1 Å². The number of anilines is 1. The molecule has 1 fully saturated rings. The highest BCUT2D eigenvalue weighted by Crippen LogP contribution is 2.40. The maximum Gasteiger partial charge on any atom is 0.418 e. The summed E-state index contributed by atoms with van der Waals surface area (Å²) in [5, 5.41) is 14.1. The fourth-order valence-electron chi connectivity index (χ4n) is 4.03. The van der Waals surface area contributed by atoms with Gasteiger partial charge in [-0.3, -0.25) is 10.1 Å². The van der Waals surface area contributed by atoms with Crippen LogP contribution in [0.1, 0.15) is 35.7 Å². The molecule has 1 aliphatic rings. The molecule has 0 aliphatic heterocycles. The number of esters is 1. The molecule has 1 aliphatic carbocycles. The molecule has 0 aromatic heterocycles. The van der Waals surface area contributed by atoms with Crippen molar-refractivity contribution in [1.29, 1.82) is 0 Å². The predicted molar refractivity (Wildman–Crippen MR) is 120 cm³/mol. The van der Waals surface area contributed by atoms with Gasteiger partial charge < -0.3 is 10.1 Å². The molecule has 35 heavy (non-hydrogen) atoms. The Bertz CT molecular complexity index is 1230. The first kappa shape index (κ1) is 26.4. The highest BCUT2D eigenvalue weighted by atomic mass is 32.2. The van der Waals surface area contributed by atoms with Crippen LogP contribution in [0.5, 0.6) is 0 Å². The Balaban J connectivity index is 1.74. The molecule has 1 N–H and O–H groups in total. The third kappa shape index (κ3) is 5.40. The number of methoxy groups -OCH3 is 1. The maximum absolute atomic E-state index is 13.5. The summed E-state index contributed by atoms with van der Waals surface area (Å²) in [6.07, 6.45) is -3.98. The molecule has 0 heterocycles. The van der Waals surface area contributed by atoms with E-state index in [2.05, 4.69) is 10.1 Å². The number of alkyl halides is 3. The van der Waals surface area contributed by atoms with Crippen LogP contribution in [-0.2, 0) is 20.9 Å². The smallest absolute Gasteiger partial charge is 0.418 e. The van der Waals surface area contributed by atoms with E-state index in [1.807, 2.05) is 0 Å². The molecular weight excluding hydrogens is 491 g/mol. The zero-order chi connectivity index (χ0) is 26.1. The van der Waals surface area contributed by atoms with Crippen LogP contribution in [0.2, 0.25) is 0 Å². The number of ether oxygens (including phenoxy) is 1. The lowest BCUT2D eigenvalue weighted by molar-refractivity contribution is -0.387. The zero-order valence-electron chi connectivity index (χ0n) is 19.1. The SMILES string of the molecule is COC(=O)c1ccc(C(F)(F)F)c(N[C@@H](C)C2CC(N(C)S(=O)(=O)c3ccccc3[N+](=O)[O-])C2)c1. The van der Waals surface area contributed by atoms with Crippen molar-refractivity contribution in [3.63, 3.8) is 0 Å². The van der Waals surface area contributed by atoms with E-state index in [1.165, 1.54) is 19.2 Å². The van der Waals surface area contributed by atoms with E-state index in [9.17, 15) is 36.5 Å². The number of sulfonamides is 1. The minimum Gasteiger partial charge on any atom is -0.465 e. The quantitative estimate of drug-likeness (QED) is 0.316. The molecular formula is C22H24F3N3O6S. The number of nitro benzene ring substituents is 1. The van der Waals surface area contributed by atoms with Crippen LogP contribution in [0, 0.1) is 16.0 Å². The Labute approximate surface area is 200 Å². The van der Waals surface area contributed by atoms with Crippen molar-refractivity contribution in [2.75, 3.05) is 19.5 Å². The van der Waals surface area contributed by atoms with Crippen molar-refractivity contribution in [1.82, 2.24) is 4.31 Å². The number of carbonyl (C=O) groups is 1. The van der Waals surface area contributed by atoms with Crippen molar-refractivity contribution < 1.29 is 36.0 Å². The number of hydrogen-bond acceptors (Lipinski definition) is 7. The highest BCUT2D eigenvalue weighted by Gasteiger charge is 2.42. The summed E-state index contributed by atoms with van der Waals surface area (Å²) < 4.78 is 72.1. The van der Waals surface area contributed by atoms with E-state index < -0.39 is 55.3 Å². The summed E-state index contributed by atoms with van der Waals surface area (Å²) in [6, 6.07) is 6.99. The van der Waals surface area contributed by atoms with Gasteiger partial charge in [0.05, 0.1) is 23.2 Å². The van der Waals surface area contributed by atoms with Gasteiger partial charge >= 0.3 is 12.1 Å². The van der Waals surface area contributed by atoms with E-state index >= 15 is 0 Å². The minimum absolute atomic E-state index is 0.0445. The molecule has 1 saturated carbocycles. The van der Waals surface area contributed by atoms with Crippen molar-refractivity contribution in [3.05, 3.63) is 63.7 Å². The number of hydrogen-bond donors (Lipinski definition) is 1. The molecule has 3 rings (SSSR count). The second kappa shape index (κ2) is 9.82. The number of para-hydroxylation sites is 1. The second-order valence-electron chi connectivity index (χ2n) is 8.31. The van der Waals surface area contributed by atoms with Crippen LogP contribution in [-0.4, -0.2) is 49.9 Å². The molecule has 9 nitrogen and oxygen atoms in total. The van der Waals surface area contributed by atoms with Crippen LogP contribution in [0.15, 0.2) is 47.4 Å². The van der Waals surface area contributed by atoms with Gasteiger partial charge in [-0.25, -0.2) is 13.2 Å². The normalized spacial score (nSPS) is 19.1. The molecule has 0 radical (unpaired) electrons. The van der Waals surface area contributed by atoms with E-state index in [1.54, 1.807) is 6.92 Å². The Kier molecular flexibility index (Phi) is 7.41. The van der Waals surface area contributed by atoms with Crippen molar-refractivity contribution in [2.24, 2.45) is 5.92 Å². The van der Waals surface area contributed by atoms with Gasteiger partial charge in [-0.15, -0.1) is 0 Å². The van der Waals surface area contributed by atoms with Crippen molar-refractivity contribution in [2.45, 2.75) is 42.9 Å². The molecule has 13 heteroatoms. The number of rotatable bonds is 8. The number of halogens is 3. The average Bonchev–Trinajstić information content (AvgIpc) is 2.76. The summed E-state index contributed by atoms with van der Waals surface area (Å²) in [6.45, 7) is 1.67. The Morgan fingerprint density at radius 3 is 2.43 bits per heavy atom. The standard InChI is InChI=1S/C22H24F3N3O6S/c1-13(26-18-12-14(21(29)34-3)8-9-17(18)22(23,24)25)15-10-16(11-15)27(2)35(32,33)20-7-5-4-6-19(20)28(30)31/h4-9,12-13,15-16,26H,10-11H2,1-3H3/t13-,15?,16?/m0/s1. The van der Waals surface area contributed by atoms with E-state index in [0.717, 1.165) is 41.7 Å². The third-order valence-corrected chi connectivity index (χ3v) is 8.18. The largest absolute Gasteiger partial charge is 0.465 e. The maximum atomic E-state index is 13.5. The zero-order valence-corrected chi connectivity index (χ0v) is 19.9. The topological polar surface area (TPSA) is 119 Å². The van der Waals surface area contributed by atoms with Gasteiger partial charge in [0.15, 0.2) is 4.90 Å². The van der Waals surface area contributed by atoms with Gasteiger partial charge in [0.2, 0.25) is 10.0 Å². The summed E-state index contributed by atoms with van der Waals surface area (Å²) in [5.41, 5.74) is -1.80. The predicted octanol–water partition coefficient (Wildman–Crippen LogP) is 4.30. The van der Waals surface area contributed by atoms with Crippen LogP contribution < -0.4 is 5.32 Å². The molecule has 190 valence electrons. The summed E-state index contributed by atoms with van der Waals surface area (Å²) in [7, 11) is -1.71.